The summed E-state index contributed by atoms with van der Waals surface area (Å²) in [5.74, 6) is 2.02. The minimum absolute atomic E-state index is 0.000162. The van der Waals surface area contributed by atoms with E-state index in [4.69, 9.17) is 9.26 Å². The molecule has 0 unspecified atom stereocenters. The number of aryl methyl sites for hydroxylation is 2. The summed E-state index contributed by atoms with van der Waals surface area (Å²) in [6.45, 7) is 10.5. The van der Waals surface area contributed by atoms with Gasteiger partial charge in [0.25, 0.3) is 0 Å². The molecule has 0 aliphatic heterocycles. The molecule has 158 valence electrons. The molecular weight excluding hydrogens is 376 g/mol. The van der Waals surface area contributed by atoms with Crippen LogP contribution in [0, 0.1) is 13.8 Å². The second kappa shape index (κ2) is 9.61. The maximum Gasteiger partial charge on any atom is 0.224 e. The Balaban J connectivity index is 1.51. The molecular formula is C25H30N2O3. The summed E-state index contributed by atoms with van der Waals surface area (Å²) in [7, 11) is 0. The third-order valence-corrected chi connectivity index (χ3v) is 5.33. The Morgan fingerprint density at radius 1 is 1.00 bits per heavy atom. The number of rotatable bonds is 8. The lowest BCUT2D eigenvalue weighted by Gasteiger charge is -2.16. The Kier molecular flexibility index (Phi) is 6.93. The predicted octanol–water partition coefficient (Wildman–Crippen LogP) is 5.41. The summed E-state index contributed by atoms with van der Waals surface area (Å²) in [5, 5.41) is 7.01. The Morgan fingerprint density at radius 3 is 2.20 bits per heavy atom. The third kappa shape index (κ3) is 5.50. The van der Waals surface area contributed by atoms with Crippen LogP contribution in [0.1, 0.15) is 66.4 Å². The van der Waals surface area contributed by atoms with Crippen molar-refractivity contribution < 1.29 is 14.1 Å². The number of hydrogen-bond donors (Lipinski definition) is 1. The molecule has 0 bridgehead atoms. The van der Waals surface area contributed by atoms with Crippen molar-refractivity contribution in [2.75, 3.05) is 0 Å². The van der Waals surface area contributed by atoms with E-state index in [2.05, 4.69) is 48.6 Å². The average Bonchev–Trinajstić information content (AvgIpc) is 3.05. The molecule has 1 amide bonds. The van der Waals surface area contributed by atoms with Crippen LogP contribution in [0.3, 0.4) is 0 Å². The van der Waals surface area contributed by atoms with E-state index < -0.39 is 0 Å². The van der Waals surface area contributed by atoms with E-state index in [1.165, 1.54) is 5.56 Å². The van der Waals surface area contributed by atoms with Gasteiger partial charge in [-0.05, 0) is 55.5 Å². The van der Waals surface area contributed by atoms with Gasteiger partial charge in [-0.1, -0.05) is 55.4 Å². The van der Waals surface area contributed by atoms with Crippen LogP contribution in [0.5, 0.6) is 5.75 Å². The molecule has 1 aromatic heterocycles. The van der Waals surface area contributed by atoms with Gasteiger partial charge in [0.1, 0.15) is 18.1 Å². The van der Waals surface area contributed by atoms with Crippen molar-refractivity contribution >= 4 is 5.91 Å². The van der Waals surface area contributed by atoms with Crippen molar-refractivity contribution in [3.8, 4) is 5.75 Å². The van der Waals surface area contributed by atoms with Gasteiger partial charge in [0.15, 0.2) is 0 Å². The number of carbonyl (C=O) groups is 1. The summed E-state index contributed by atoms with van der Waals surface area (Å²) < 4.78 is 11.0. The lowest BCUT2D eigenvalue weighted by atomic mass is 9.99. The van der Waals surface area contributed by atoms with E-state index in [9.17, 15) is 4.79 Å². The highest BCUT2D eigenvalue weighted by Gasteiger charge is 2.12. The van der Waals surface area contributed by atoms with Gasteiger partial charge in [0, 0.05) is 0 Å². The summed E-state index contributed by atoms with van der Waals surface area (Å²) in [6, 6.07) is 16.0. The van der Waals surface area contributed by atoms with Gasteiger partial charge in [0.05, 0.1) is 23.7 Å². The normalized spacial score (nSPS) is 12.1. The van der Waals surface area contributed by atoms with Crippen molar-refractivity contribution in [2.45, 2.75) is 59.6 Å². The van der Waals surface area contributed by atoms with Gasteiger partial charge in [-0.3, -0.25) is 4.79 Å². The Bertz CT molecular complexity index is 953. The highest BCUT2D eigenvalue weighted by molar-refractivity contribution is 5.79. The smallest absolute Gasteiger partial charge is 0.224 e. The topological polar surface area (TPSA) is 64.4 Å². The molecule has 0 aliphatic carbocycles. The van der Waals surface area contributed by atoms with E-state index in [1.807, 2.05) is 45.0 Å². The number of nitrogens with zero attached hydrogens (tertiary/aromatic N) is 1. The Labute approximate surface area is 178 Å². The molecule has 2 aromatic carbocycles. The first-order valence-electron chi connectivity index (χ1n) is 10.4. The molecule has 1 heterocycles. The zero-order valence-corrected chi connectivity index (χ0v) is 18.4. The van der Waals surface area contributed by atoms with Crippen LogP contribution in [0.15, 0.2) is 53.1 Å². The fraction of sp³-hybridized carbons (Fsp3) is 0.360. The first kappa shape index (κ1) is 21.6. The van der Waals surface area contributed by atoms with Crippen molar-refractivity contribution in [3.63, 3.8) is 0 Å². The maximum absolute atomic E-state index is 12.5. The minimum atomic E-state index is -0.0311. The van der Waals surface area contributed by atoms with E-state index in [0.717, 1.165) is 33.9 Å². The number of hydrogen-bond acceptors (Lipinski definition) is 4. The van der Waals surface area contributed by atoms with Crippen molar-refractivity contribution in [2.24, 2.45) is 0 Å². The monoisotopic (exact) mass is 406 g/mol. The Hall–Kier alpha value is -3.08. The fourth-order valence-electron chi connectivity index (χ4n) is 3.30. The lowest BCUT2D eigenvalue weighted by molar-refractivity contribution is -0.121. The first-order chi connectivity index (χ1) is 14.3. The highest BCUT2D eigenvalue weighted by atomic mass is 16.5. The molecule has 3 aromatic rings. The van der Waals surface area contributed by atoms with Crippen LogP contribution in [-0.4, -0.2) is 11.1 Å². The standard InChI is InChI=1S/C25H30N2O3/c1-16(2)21-8-10-22(11-9-21)17(3)26-25(28)14-20-6-12-23(13-7-20)29-15-24-18(4)27-30-19(24)5/h6-13,16-17H,14-15H2,1-5H3,(H,26,28)/t17-/m1/s1. The first-order valence-corrected chi connectivity index (χ1v) is 10.4. The number of ether oxygens (including phenoxy) is 1. The van der Waals surface area contributed by atoms with Crippen LogP contribution in [0.4, 0.5) is 0 Å². The van der Waals surface area contributed by atoms with Crippen molar-refractivity contribution in [3.05, 3.63) is 82.2 Å². The summed E-state index contributed by atoms with van der Waals surface area (Å²) in [5.41, 5.74) is 5.16. The highest BCUT2D eigenvalue weighted by Crippen LogP contribution is 2.20. The van der Waals surface area contributed by atoms with E-state index >= 15 is 0 Å². The second-order valence-corrected chi connectivity index (χ2v) is 8.02. The SMILES string of the molecule is Cc1noc(C)c1COc1ccc(CC(=O)N[C@H](C)c2ccc(C(C)C)cc2)cc1. The number of aromatic nitrogens is 1. The molecule has 0 aliphatic rings. The number of nitrogens with one attached hydrogen (secondary N) is 1. The second-order valence-electron chi connectivity index (χ2n) is 8.02. The maximum atomic E-state index is 12.5. The number of benzene rings is 2. The van der Waals surface area contributed by atoms with E-state index in [0.29, 0.717) is 18.9 Å². The third-order valence-electron chi connectivity index (χ3n) is 5.33. The van der Waals surface area contributed by atoms with Crippen LogP contribution in [0.2, 0.25) is 0 Å². The summed E-state index contributed by atoms with van der Waals surface area (Å²) in [4.78, 5) is 12.5. The fourth-order valence-corrected chi connectivity index (χ4v) is 3.30. The molecule has 30 heavy (non-hydrogen) atoms. The van der Waals surface area contributed by atoms with Gasteiger partial charge in [0.2, 0.25) is 5.91 Å². The van der Waals surface area contributed by atoms with Crippen LogP contribution in [0.25, 0.3) is 0 Å². The van der Waals surface area contributed by atoms with E-state index in [1.54, 1.807) is 0 Å². The van der Waals surface area contributed by atoms with Crippen molar-refractivity contribution in [1.29, 1.82) is 0 Å². The van der Waals surface area contributed by atoms with Crippen LogP contribution >= 0.6 is 0 Å². The largest absolute Gasteiger partial charge is 0.489 e. The molecule has 1 atom stereocenters. The summed E-state index contributed by atoms with van der Waals surface area (Å²) in [6.07, 6.45) is 0.332. The molecule has 0 saturated carbocycles. The van der Waals surface area contributed by atoms with Gasteiger partial charge < -0.3 is 14.6 Å². The number of carbonyl (C=O) groups excluding carboxylic acids is 1. The molecule has 1 N–H and O–H groups in total. The quantitative estimate of drug-likeness (QED) is 0.543. The van der Waals surface area contributed by atoms with E-state index in [-0.39, 0.29) is 11.9 Å². The molecule has 0 radical (unpaired) electrons. The minimum Gasteiger partial charge on any atom is -0.489 e. The summed E-state index contributed by atoms with van der Waals surface area (Å²) >= 11 is 0. The average molecular weight is 407 g/mol. The van der Waals surface area contributed by atoms with Crippen LogP contribution < -0.4 is 10.1 Å². The molecule has 5 heteroatoms. The van der Waals surface area contributed by atoms with Gasteiger partial charge in [-0.2, -0.15) is 0 Å². The molecule has 3 rings (SSSR count). The van der Waals surface area contributed by atoms with Gasteiger partial charge in [-0.15, -0.1) is 0 Å². The molecule has 0 saturated heterocycles. The molecule has 0 fully saturated rings. The predicted molar refractivity (Wildman–Crippen MR) is 118 cm³/mol. The zero-order valence-electron chi connectivity index (χ0n) is 18.4. The zero-order chi connectivity index (χ0) is 21.7. The molecule has 0 spiro atoms. The Morgan fingerprint density at radius 2 is 1.63 bits per heavy atom. The lowest BCUT2D eigenvalue weighted by Crippen LogP contribution is -2.28. The van der Waals surface area contributed by atoms with Crippen LogP contribution in [-0.2, 0) is 17.8 Å². The van der Waals surface area contributed by atoms with Gasteiger partial charge in [-0.25, -0.2) is 0 Å². The molecule has 5 nitrogen and oxygen atoms in total. The van der Waals surface area contributed by atoms with Gasteiger partial charge >= 0.3 is 0 Å². The van der Waals surface area contributed by atoms with Crippen molar-refractivity contribution in [1.82, 2.24) is 10.5 Å². The number of amides is 1.